The summed E-state index contributed by atoms with van der Waals surface area (Å²) < 4.78 is 1.82. The Morgan fingerprint density at radius 3 is 3.00 bits per heavy atom. The lowest BCUT2D eigenvalue weighted by Crippen LogP contribution is -2.02. The molecule has 2 aromatic rings. The fourth-order valence-electron chi connectivity index (χ4n) is 1.99. The molecular weight excluding hydrogens is 212 g/mol. The molecule has 0 aliphatic heterocycles. The Labute approximate surface area is 99.5 Å². The lowest BCUT2D eigenvalue weighted by molar-refractivity contribution is 0.667. The molecule has 0 aromatic carbocycles. The summed E-state index contributed by atoms with van der Waals surface area (Å²) >= 11 is 0. The van der Waals surface area contributed by atoms with Gasteiger partial charge in [-0.1, -0.05) is 0 Å². The number of nitriles is 1. The zero-order valence-electron chi connectivity index (χ0n) is 9.37. The highest BCUT2D eigenvalue weighted by Crippen LogP contribution is 2.41. The van der Waals surface area contributed by atoms with Crippen LogP contribution in [0.3, 0.4) is 0 Å². The van der Waals surface area contributed by atoms with Crippen LogP contribution in [0.25, 0.3) is 11.3 Å². The van der Waals surface area contributed by atoms with E-state index in [0.29, 0.717) is 12.5 Å². The predicted octanol–water partition coefficient (Wildman–Crippen LogP) is 2.35. The molecule has 4 nitrogen and oxygen atoms in total. The molecule has 84 valence electrons. The van der Waals surface area contributed by atoms with Gasteiger partial charge in [0.2, 0.25) is 0 Å². The van der Waals surface area contributed by atoms with E-state index in [-0.39, 0.29) is 0 Å². The Morgan fingerprint density at radius 2 is 2.35 bits per heavy atom. The van der Waals surface area contributed by atoms with Gasteiger partial charge in [-0.05, 0) is 31.0 Å². The number of hydrogen-bond acceptors (Lipinski definition) is 3. The maximum Gasteiger partial charge on any atom is 0.128 e. The first kappa shape index (κ1) is 10.0. The van der Waals surface area contributed by atoms with Crippen molar-refractivity contribution in [2.45, 2.75) is 25.3 Å². The summed E-state index contributed by atoms with van der Waals surface area (Å²) in [5, 5.41) is 13.3. The van der Waals surface area contributed by atoms with E-state index in [9.17, 15) is 0 Å². The molecule has 1 aliphatic carbocycles. The summed E-state index contributed by atoms with van der Waals surface area (Å²) in [4.78, 5) is 4.09. The van der Waals surface area contributed by atoms with Crippen LogP contribution in [0, 0.1) is 11.3 Å². The van der Waals surface area contributed by atoms with Gasteiger partial charge in [0.05, 0.1) is 11.8 Å². The van der Waals surface area contributed by atoms with Crippen LogP contribution >= 0.6 is 0 Å². The van der Waals surface area contributed by atoms with E-state index in [1.807, 2.05) is 16.8 Å². The van der Waals surface area contributed by atoms with Gasteiger partial charge in [-0.3, -0.25) is 9.67 Å². The van der Waals surface area contributed by atoms with Crippen LogP contribution in [0.4, 0.5) is 0 Å². The molecule has 0 N–H and O–H groups in total. The normalized spacial score (nSPS) is 14.5. The van der Waals surface area contributed by atoms with Crippen LogP contribution in [0.5, 0.6) is 0 Å². The van der Waals surface area contributed by atoms with Gasteiger partial charge in [0.1, 0.15) is 6.54 Å². The fourth-order valence-corrected chi connectivity index (χ4v) is 1.99. The Morgan fingerprint density at radius 1 is 1.47 bits per heavy atom. The summed E-state index contributed by atoms with van der Waals surface area (Å²) in [6.45, 7) is 0.325. The van der Waals surface area contributed by atoms with Crippen molar-refractivity contribution in [3.05, 3.63) is 36.3 Å². The second-order valence-electron chi connectivity index (χ2n) is 4.29. The van der Waals surface area contributed by atoms with Gasteiger partial charge in [-0.25, -0.2) is 0 Å². The van der Waals surface area contributed by atoms with Crippen molar-refractivity contribution in [2.75, 3.05) is 0 Å². The minimum absolute atomic E-state index is 0.325. The molecule has 2 aromatic heterocycles. The fraction of sp³-hybridized carbons (Fsp3) is 0.308. The van der Waals surface area contributed by atoms with E-state index in [4.69, 9.17) is 5.26 Å². The van der Waals surface area contributed by atoms with Crippen molar-refractivity contribution in [1.29, 1.82) is 5.26 Å². The lowest BCUT2D eigenvalue weighted by Gasteiger charge is -1.99. The quantitative estimate of drug-likeness (QED) is 0.804. The standard InChI is InChI=1S/C13H12N4/c14-5-7-17-13(10-3-4-10)8-12(16-17)11-2-1-6-15-9-11/h1-2,6,8-10H,3-4,7H2. The van der Waals surface area contributed by atoms with Gasteiger partial charge >= 0.3 is 0 Å². The maximum atomic E-state index is 8.80. The van der Waals surface area contributed by atoms with Gasteiger partial charge in [0, 0.05) is 29.6 Å². The predicted molar refractivity (Wildman–Crippen MR) is 63.0 cm³/mol. The highest BCUT2D eigenvalue weighted by molar-refractivity contribution is 5.58. The summed E-state index contributed by atoms with van der Waals surface area (Å²) in [5.74, 6) is 0.598. The second-order valence-corrected chi connectivity index (χ2v) is 4.29. The molecule has 0 bridgehead atoms. The number of aromatic nitrogens is 3. The van der Waals surface area contributed by atoms with Crippen LogP contribution < -0.4 is 0 Å². The topological polar surface area (TPSA) is 54.5 Å². The lowest BCUT2D eigenvalue weighted by atomic mass is 10.2. The van der Waals surface area contributed by atoms with Crippen molar-refractivity contribution in [3.8, 4) is 17.3 Å². The first-order chi connectivity index (χ1) is 8.38. The Balaban J connectivity index is 2.01. The van der Waals surface area contributed by atoms with Gasteiger partial charge in [-0.2, -0.15) is 10.4 Å². The van der Waals surface area contributed by atoms with Crippen LogP contribution in [-0.4, -0.2) is 14.8 Å². The van der Waals surface area contributed by atoms with Crippen LogP contribution in [-0.2, 0) is 6.54 Å². The third-order valence-corrected chi connectivity index (χ3v) is 2.98. The molecule has 1 saturated carbocycles. The van der Waals surface area contributed by atoms with Crippen molar-refractivity contribution in [1.82, 2.24) is 14.8 Å². The van der Waals surface area contributed by atoms with E-state index < -0.39 is 0 Å². The third-order valence-electron chi connectivity index (χ3n) is 2.98. The van der Waals surface area contributed by atoms with E-state index in [2.05, 4.69) is 22.2 Å². The molecule has 0 saturated heterocycles. The average molecular weight is 224 g/mol. The zero-order chi connectivity index (χ0) is 11.7. The van der Waals surface area contributed by atoms with Crippen molar-refractivity contribution < 1.29 is 0 Å². The molecule has 0 spiro atoms. The monoisotopic (exact) mass is 224 g/mol. The SMILES string of the molecule is N#CCn1nc(-c2cccnc2)cc1C1CC1. The Bertz CT molecular complexity index is 561. The number of pyridine rings is 1. The summed E-state index contributed by atoms with van der Waals surface area (Å²) in [6.07, 6.45) is 5.97. The van der Waals surface area contributed by atoms with E-state index >= 15 is 0 Å². The molecule has 1 aliphatic rings. The number of nitrogens with zero attached hydrogens (tertiary/aromatic N) is 4. The van der Waals surface area contributed by atoms with Crippen LogP contribution in [0.2, 0.25) is 0 Å². The Hall–Kier alpha value is -2.15. The van der Waals surface area contributed by atoms with Gasteiger partial charge in [0.25, 0.3) is 0 Å². The minimum Gasteiger partial charge on any atom is -0.264 e. The maximum absolute atomic E-state index is 8.80. The van der Waals surface area contributed by atoms with E-state index in [1.54, 1.807) is 12.4 Å². The number of rotatable bonds is 3. The molecular formula is C13H12N4. The zero-order valence-corrected chi connectivity index (χ0v) is 9.37. The van der Waals surface area contributed by atoms with Crippen molar-refractivity contribution in [3.63, 3.8) is 0 Å². The largest absolute Gasteiger partial charge is 0.264 e. The van der Waals surface area contributed by atoms with Crippen molar-refractivity contribution in [2.24, 2.45) is 0 Å². The first-order valence-corrected chi connectivity index (χ1v) is 5.73. The minimum atomic E-state index is 0.325. The van der Waals surface area contributed by atoms with Crippen LogP contribution in [0.15, 0.2) is 30.6 Å². The summed E-state index contributed by atoms with van der Waals surface area (Å²) in [5.41, 5.74) is 3.10. The van der Waals surface area contributed by atoms with Gasteiger partial charge in [0.15, 0.2) is 0 Å². The molecule has 3 rings (SSSR count). The molecule has 0 unspecified atom stereocenters. The summed E-state index contributed by atoms with van der Waals surface area (Å²) in [6, 6.07) is 8.13. The molecule has 1 fully saturated rings. The average Bonchev–Trinajstić information content (AvgIpc) is 3.13. The molecule has 0 amide bonds. The van der Waals surface area contributed by atoms with Crippen LogP contribution in [0.1, 0.15) is 24.5 Å². The highest BCUT2D eigenvalue weighted by atomic mass is 15.3. The number of hydrogen-bond donors (Lipinski definition) is 0. The molecule has 0 atom stereocenters. The summed E-state index contributed by atoms with van der Waals surface area (Å²) in [7, 11) is 0. The van der Waals surface area contributed by atoms with Gasteiger partial charge in [-0.15, -0.1) is 0 Å². The van der Waals surface area contributed by atoms with E-state index in [0.717, 1.165) is 11.3 Å². The molecule has 17 heavy (non-hydrogen) atoms. The van der Waals surface area contributed by atoms with E-state index in [1.165, 1.54) is 18.5 Å². The first-order valence-electron chi connectivity index (χ1n) is 5.73. The van der Waals surface area contributed by atoms with Gasteiger partial charge < -0.3 is 0 Å². The molecule has 0 radical (unpaired) electrons. The molecule has 2 heterocycles. The molecule has 4 heteroatoms. The van der Waals surface area contributed by atoms with Crippen molar-refractivity contribution >= 4 is 0 Å². The third kappa shape index (κ3) is 1.92. The Kier molecular flexibility index (Phi) is 2.37. The second kappa shape index (κ2) is 4.02. The smallest absolute Gasteiger partial charge is 0.128 e. The highest BCUT2D eigenvalue weighted by Gasteiger charge is 2.28.